The van der Waals surface area contributed by atoms with Gasteiger partial charge in [0.15, 0.2) is 0 Å². The molecular formula is C15H19N3OS. The average molecular weight is 289 g/mol. The molecule has 4 nitrogen and oxygen atoms in total. The number of nitrogens with zero attached hydrogens (tertiary/aromatic N) is 2. The molecular weight excluding hydrogens is 270 g/mol. The van der Waals surface area contributed by atoms with Crippen molar-refractivity contribution in [3.8, 4) is 0 Å². The molecule has 0 aliphatic rings. The second kappa shape index (κ2) is 5.34. The Morgan fingerprint density at radius 2 is 2.05 bits per heavy atom. The van der Waals surface area contributed by atoms with E-state index in [0.717, 1.165) is 22.2 Å². The summed E-state index contributed by atoms with van der Waals surface area (Å²) in [5, 5.41) is 11.0. The van der Waals surface area contributed by atoms with Crippen LogP contribution in [0.4, 0.5) is 5.69 Å². The van der Waals surface area contributed by atoms with Crippen molar-refractivity contribution in [2.45, 2.75) is 19.4 Å². The zero-order valence-corrected chi connectivity index (χ0v) is 12.7. The first kappa shape index (κ1) is 14.7. The summed E-state index contributed by atoms with van der Waals surface area (Å²) in [5.41, 5.74) is 7.51. The maximum Gasteiger partial charge on any atom is 0.107 e. The van der Waals surface area contributed by atoms with E-state index >= 15 is 0 Å². The van der Waals surface area contributed by atoms with Gasteiger partial charge in [-0.05, 0) is 19.9 Å². The van der Waals surface area contributed by atoms with Crippen LogP contribution in [0.25, 0.3) is 10.9 Å². The number of para-hydroxylation sites is 1. The first-order valence-corrected chi connectivity index (χ1v) is 6.81. The number of fused-ring (bicyclic) bond motifs is 1. The fourth-order valence-electron chi connectivity index (χ4n) is 2.38. The number of aliphatic hydroxyl groups is 1. The summed E-state index contributed by atoms with van der Waals surface area (Å²) in [6.07, 6.45) is 1.70. The molecule has 2 aromatic rings. The van der Waals surface area contributed by atoms with E-state index in [9.17, 15) is 5.11 Å². The van der Waals surface area contributed by atoms with Gasteiger partial charge in [-0.3, -0.25) is 4.98 Å². The molecule has 0 amide bonds. The van der Waals surface area contributed by atoms with Crippen LogP contribution in [0.3, 0.4) is 0 Å². The minimum absolute atomic E-state index is 0.306. The lowest BCUT2D eigenvalue weighted by molar-refractivity contribution is 0.0887. The van der Waals surface area contributed by atoms with Gasteiger partial charge in [0, 0.05) is 25.2 Å². The molecule has 0 saturated carbocycles. The normalized spacial score (nSPS) is 11.6. The topological polar surface area (TPSA) is 62.4 Å². The predicted octanol–water partition coefficient (Wildman–Crippen LogP) is 2.08. The van der Waals surface area contributed by atoms with Crippen molar-refractivity contribution in [3.05, 3.63) is 36.0 Å². The number of anilines is 1. The van der Waals surface area contributed by atoms with E-state index in [-0.39, 0.29) is 0 Å². The molecule has 0 aliphatic carbocycles. The highest BCUT2D eigenvalue weighted by atomic mass is 32.1. The Balaban J connectivity index is 2.63. The van der Waals surface area contributed by atoms with Gasteiger partial charge < -0.3 is 15.7 Å². The zero-order chi connectivity index (χ0) is 14.9. The van der Waals surface area contributed by atoms with E-state index < -0.39 is 5.60 Å². The molecule has 0 radical (unpaired) electrons. The summed E-state index contributed by atoms with van der Waals surface area (Å²) < 4.78 is 0. The molecule has 0 unspecified atom stereocenters. The number of hydrogen-bond donors (Lipinski definition) is 2. The molecule has 0 aliphatic heterocycles. The van der Waals surface area contributed by atoms with Gasteiger partial charge in [-0.15, -0.1) is 0 Å². The van der Waals surface area contributed by atoms with Crippen LogP contribution in [-0.4, -0.2) is 34.3 Å². The van der Waals surface area contributed by atoms with Crippen LogP contribution < -0.4 is 10.6 Å². The van der Waals surface area contributed by atoms with E-state index in [1.54, 1.807) is 20.0 Å². The Kier molecular flexibility index (Phi) is 3.92. The van der Waals surface area contributed by atoms with Crippen molar-refractivity contribution in [2.75, 3.05) is 18.5 Å². The van der Waals surface area contributed by atoms with Crippen molar-refractivity contribution >= 4 is 33.8 Å². The predicted molar refractivity (Wildman–Crippen MR) is 87.2 cm³/mol. The van der Waals surface area contributed by atoms with Crippen LogP contribution in [0, 0.1) is 0 Å². The van der Waals surface area contributed by atoms with Gasteiger partial charge in [0.2, 0.25) is 0 Å². The van der Waals surface area contributed by atoms with Gasteiger partial charge in [0.05, 0.1) is 22.4 Å². The van der Waals surface area contributed by atoms with Crippen molar-refractivity contribution in [3.63, 3.8) is 0 Å². The summed E-state index contributed by atoms with van der Waals surface area (Å²) in [6, 6.07) is 7.82. The number of nitrogens with two attached hydrogens (primary N) is 1. The Morgan fingerprint density at radius 3 is 2.65 bits per heavy atom. The van der Waals surface area contributed by atoms with E-state index in [4.69, 9.17) is 18.0 Å². The molecule has 0 atom stereocenters. The Labute approximate surface area is 124 Å². The molecule has 0 saturated heterocycles. The van der Waals surface area contributed by atoms with Crippen LogP contribution in [0.1, 0.15) is 19.4 Å². The summed E-state index contributed by atoms with van der Waals surface area (Å²) in [4.78, 5) is 6.66. The van der Waals surface area contributed by atoms with Gasteiger partial charge in [0.1, 0.15) is 4.99 Å². The Bertz CT molecular complexity index is 649. The van der Waals surface area contributed by atoms with Crippen LogP contribution in [0.15, 0.2) is 30.5 Å². The number of likely N-dealkylation sites (N-methyl/N-ethyl adjacent to an activating group) is 1. The number of rotatable bonds is 4. The van der Waals surface area contributed by atoms with Gasteiger partial charge in [-0.2, -0.15) is 0 Å². The number of thiocarbonyl (C=S) groups is 1. The molecule has 0 spiro atoms. The monoisotopic (exact) mass is 289 g/mol. The van der Waals surface area contributed by atoms with Crippen molar-refractivity contribution < 1.29 is 5.11 Å². The summed E-state index contributed by atoms with van der Waals surface area (Å²) in [7, 11) is 1.92. The first-order valence-electron chi connectivity index (χ1n) is 6.40. The van der Waals surface area contributed by atoms with Gasteiger partial charge in [-0.1, -0.05) is 30.4 Å². The molecule has 0 fully saturated rings. The molecule has 3 N–H and O–H groups in total. The minimum Gasteiger partial charge on any atom is -0.389 e. The van der Waals surface area contributed by atoms with E-state index in [1.807, 2.05) is 36.2 Å². The second-order valence-electron chi connectivity index (χ2n) is 5.57. The van der Waals surface area contributed by atoms with Gasteiger partial charge >= 0.3 is 0 Å². The standard InChI is InChI=1S/C15H19N3OS/c1-15(2,19)9-18(3)13-10-6-4-5-7-12(10)17-8-11(13)14(16)20/h4-8,19H,9H2,1-3H3,(H2,16,20). The maximum atomic E-state index is 10.0. The molecule has 1 heterocycles. The number of benzene rings is 1. The summed E-state index contributed by atoms with van der Waals surface area (Å²) >= 11 is 5.12. The highest BCUT2D eigenvalue weighted by Crippen LogP contribution is 2.29. The van der Waals surface area contributed by atoms with Crippen LogP contribution >= 0.6 is 12.2 Å². The molecule has 1 aromatic carbocycles. The van der Waals surface area contributed by atoms with E-state index in [0.29, 0.717) is 11.5 Å². The average Bonchev–Trinajstić information content (AvgIpc) is 2.35. The zero-order valence-electron chi connectivity index (χ0n) is 11.9. The molecule has 0 bridgehead atoms. The smallest absolute Gasteiger partial charge is 0.107 e. The maximum absolute atomic E-state index is 10.0. The highest BCUT2D eigenvalue weighted by molar-refractivity contribution is 7.80. The Hall–Kier alpha value is -1.72. The number of pyridine rings is 1. The largest absolute Gasteiger partial charge is 0.389 e. The minimum atomic E-state index is -0.813. The summed E-state index contributed by atoms with van der Waals surface area (Å²) in [5.74, 6) is 0. The van der Waals surface area contributed by atoms with Gasteiger partial charge in [0.25, 0.3) is 0 Å². The first-order chi connectivity index (χ1) is 9.29. The molecule has 106 valence electrons. The SMILES string of the molecule is CN(CC(C)(C)O)c1c(C(N)=S)cnc2ccccc12. The third-order valence-corrected chi connectivity index (χ3v) is 3.24. The fourth-order valence-corrected chi connectivity index (χ4v) is 2.53. The number of hydrogen-bond acceptors (Lipinski definition) is 4. The van der Waals surface area contributed by atoms with E-state index in [2.05, 4.69) is 4.98 Å². The second-order valence-corrected chi connectivity index (χ2v) is 6.01. The lowest BCUT2D eigenvalue weighted by Crippen LogP contribution is -2.37. The quantitative estimate of drug-likeness (QED) is 0.844. The number of aromatic nitrogens is 1. The molecule has 2 rings (SSSR count). The lowest BCUT2D eigenvalue weighted by Gasteiger charge is -2.29. The third-order valence-electron chi connectivity index (χ3n) is 3.02. The molecule has 5 heteroatoms. The van der Waals surface area contributed by atoms with Crippen molar-refractivity contribution in [2.24, 2.45) is 5.73 Å². The van der Waals surface area contributed by atoms with Crippen LogP contribution in [0.2, 0.25) is 0 Å². The lowest BCUT2D eigenvalue weighted by atomic mass is 10.1. The summed E-state index contributed by atoms with van der Waals surface area (Å²) in [6.45, 7) is 4.01. The van der Waals surface area contributed by atoms with Crippen LogP contribution in [-0.2, 0) is 0 Å². The van der Waals surface area contributed by atoms with Crippen molar-refractivity contribution in [1.82, 2.24) is 4.98 Å². The van der Waals surface area contributed by atoms with E-state index in [1.165, 1.54) is 0 Å². The molecule has 20 heavy (non-hydrogen) atoms. The molecule has 1 aromatic heterocycles. The van der Waals surface area contributed by atoms with Crippen LogP contribution in [0.5, 0.6) is 0 Å². The Morgan fingerprint density at radius 1 is 1.40 bits per heavy atom. The fraction of sp³-hybridized carbons (Fsp3) is 0.333. The third kappa shape index (κ3) is 3.05. The van der Waals surface area contributed by atoms with Crippen molar-refractivity contribution in [1.29, 1.82) is 0 Å². The van der Waals surface area contributed by atoms with Gasteiger partial charge in [-0.25, -0.2) is 0 Å². The highest BCUT2D eigenvalue weighted by Gasteiger charge is 2.20.